The molecule has 0 fully saturated rings. The Labute approximate surface area is 344 Å². The Morgan fingerprint density at radius 1 is 0.293 bits per heavy atom. The van der Waals surface area contributed by atoms with Crippen molar-refractivity contribution in [3.63, 3.8) is 0 Å². The minimum atomic E-state index is 1.14. The van der Waals surface area contributed by atoms with Gasteiger partial charge in [-0.1, -0.05) is 120 Å². The summed E-state index contributed by atoms with van der Waals surface area (Å²) < 4.78 is 5.20. The SMILES string of the molecule is Cc1ccc(N(c2ccc3ccc4c(N(c5ccc(C)cc5)c5cccc6sc7ccccc7c56)ccc5ccc2c3c54)c2cccc3sc4ccccc4c23)cc1. The molecular weight excluding hydrogens is 741 g/mol. The van der Waals surface area contributed by atoms with Crippen molar-refractivity contribution in [3.05, 3.63) is 193 Å². The van der Waals surface area contributed by atoms with Crippen molar-refractivity contribution in [3.8, 4) is 0 Å². The number of aryl methyl sites for hydroxylation is 2. The van der Waals surface area contributed by atoms with E-state index in [-0.39, 0.29) is 0 Å². The number of hydrogen-bond donors (Lipinski definition) is 0. The minimum Gasteiger partial charge on any atom is -0.309 e. The second-order valence-corrected chi connectivity index (χ2v) is 17.6. The van der Waals surface area contributed by atoms with Gasteiger partial charge in [0.15, 0.2) is 0 Å². The molecule has 58 heavy (non-hydrogen) atoms. The van der Waals surface area contributed by atoms with Crippen LogP contribution in [0.3, 0.4) is 0 Å². The fraction of sp³-hybridized carbons (Fsp3) is 0.0370. The van der Waals surface area contributed by atoms with E-state index in [0.29, 0.717) is 0 Å². The van der Waals surface area contributed by atoms with Gasteiger partial charge < -0.3 is 9.80 Å². The van der Waals surface area contributed by atoms with Gasteiger partial charge in [-0.05, 0) is 108 Å². The zero-order valence-corrected chi connectivity index (χ0v) is 33.7. The third kappa shape index (κ3) is 5.02. The molecule has 0 aliphatic carbocycles. The Morgan fingerprint density at radius 3 is 1.14 bits per heavy atom. The zero-order valence-electron chi connectivity index (χ0n) is 32.0. The highest BCUT2D eigenvalue weighted by Gasteiger charge is 2.25. The third-order valence-electron chi connectivity index (χ3n) is 11.9. The Morgan fingerprint density at radius 2 is 0.690 bits per heavy atom. The highest BCUT2D eigenvalue weighted by molar-refractivity contribution is 7.26. The predicted molar refractivity (Wildman–Crippen MR) is 255 cm³/mol. The van der Waals surface area contributed by atoms with Crippen molar-refractivity contribution < 1.29 is 0 Å². The molecule has 0 unspecified atom stereocenters. The molecule has 0 amide bonds. The van der Waals surface area contributed by atoms with E-state index < -0.39 is 0 Å². The quantitative estimate of drug-likeness (QED) is 0.155. The van der Waals surface area contributed by atoms with Gasteiger partial charge in [-0.3, -0.25) is 0 Å². The smallest absolute Gasteiger partial charge is 0.0555 e. The molecule has 0 saturated carbocycles. The second kappa shape index (κ2) is 12.9. The van der Waals surface area contributed by atoms with E-state index >= 15 is 0 Å². The van der Waals surface area contributed by atoms with Crippen LogP contribution in [0.4, 0.5) is 34.1 Å². The summed E-state index contributed by atoms with van der Waals surface area (Å²) in [6.45, 7) is 4.33. The maximum absolute atomic E-state index is 2.49. The van der Waals surface area contributed by atoms with Crippen LogP contribution in [-0.2, 0) is 0 Å². The van der Waals surface area contributed by atoms with Gasteiger partial charge in [-0.15, -0.1) is 22.7 Å². The van der Waals surface area contributed by atoms with Gasteiger partial charge in [0, 0.05) is 62.5 Å². The Kier molecular flexibility index (Phi) is 7.44. The maximum Gasteiger partial charge on any atom is 0.0555 e. The number of anilines is 6. The summed E-state index contributed by atoms with van der Waals surface area (Å²) in [6.07, 6.45) is 0. The first-order valence-corrected chi connectivity index (χ1v) is 21.5. The van der Waals surface area contributed by atoms with Crippen LogP contribution >= 0.6 is 22.7 Å². The normalized spacial score (nSPS) is 12.0. The van der Waals surface area contributed by atoms with Gasteiger partial charge in [-0.2, -0.15) is 0 Å². The van der Waals surface area contributed by atoms with Gasteiger partial charge in [0.2, 0.25) is 0 Å². The number of thiophene rings is 2. The van der Waals surface area contributed by atoms with Crippen LogP contribution in [0.15, 0.2) is 182 Å². The van der Waals surface area contributed by atoms with Gasteiger partial charge in [0.25, 0.3) is 0 Å². The fourth-order valence-electron chi connectivity index (χ4n) is 9.25. The molecule has 2 heterocycles. The molecule has 2 nitrogen and oxygen atoms in total. The van der Waals surface area contributed by atoms with Crippen molar-refractivity contribution >= 4 is 129 Å². The standard InChI is InChI=1S/C54H36N2S2/c1-33-17-25-37(26-18-33)55(45-11-7-15-49-53(45)41-9-3-5-13-47(41)57-49)43-31-23-35-22-30-40-44(32-24-36-21-29-39(43)51(35)52(36)40)56(38-27-19-34(2)20-28-38)46-12-8-16-50-54(46)42-10-4-6-14-48(42)58-50/h3-32H,1-2H3. The van der Waals surface area contributed by atoms with Crippen molar-refractivity contribution in [2.45, 2.75) is 13.8 Å². The van der Waals surface area contributed by atoms with Crippen molar-refractivity contribution in [1.29, 1.82) is 0 Å². The lowest BCUT2D eigenvalue weighted by atomic mass is 9.91. The van der Waals surface area contributed by atoms with Crippen molar-refractivity contribution in [2.24, 2.45) is 0 Å². The van der Waals surface area contributed by atoms with Crippen LogP contribution < -0.4 is 9.80 Å². The Bertz CT molecular complexity index is 3300. The number of nitrogens with zero attached hydrogens (tertiary/aromatic N) is 2. The lowest BCUT2D eigenvalue weighted by molar-refractivity contribution is 1.30. The monoisotopic (exact) mass is 776 g/mol. The molecule has 0 N–H and O–H groups in total. The predicted octanol–water partition coefficient (Wildman–Crippen LogP) is 16.9. The third-order valence-corrected chi connectivity index (χ3v) is 14.2. The van der Waals surface area contributed by atoms with Gasteiger partial charge in [0.05, 0.1) is 22.7 Å². The average molecular weight is 777 g/mol. The van der Waals surface area contributed by atoms with Crippen LogP contribution in [0.5, 0.6) is 0 Å². The van der Waals surface area contributed by atoms with E-state index in [9.17, 15) is 0 Å². The maximum atomic E-state index is 2.49. The number of rotatable bonds is 6. The van der Waals surface area contributed by atoms with Crippen LogP contribution in [0.25, 0.3) is 72.7 Å². The van der Waals surface area contributed by atoms with Crippen LogP contribution in [0.1, 0.15) is 11.1 Å². The lowest BCUT2D eigenvalue weighted by Crippen LogP contribution is -2.12. The molecule has 0 atom stereocenters. The molecule has 12 rings (SSSR count). The molecular formula is C54H36N2S2. The Balaban J connectivity index is 1.15. The van der Waals surface area contributed by atoms with E-state index in [0.717, 1.165) is 11.4 Å². The highest BCUT2D eigenvalue weighted by Crippen LogP contribution is 2.51. The van der Waals surface area contributed by atoms with E-state index in [4.69, 9.17) is 0 Å². The van der Waals surface area contributed by atoms with Crippen LogP contribution in [-0.4, -0.2) is 0 Å². The van der Waals surface area contributed by atoms with Crippen molar-refractivity contribution in [2.75, 3.05) is 9.80 Å². The summed E-state index contributed by atoms with van der Waals surface area (Å²) in [5.74, 6) is 0. The summed E-state index contributed by atoms with van der Waals surface area (Å²) in [5.41, 5.74) is 9.50. The molecule has 4 heteroatoms. The average Bonchev–Trinajstić information content (AvgIpc) is 3.84. The summed E-state index contributed by atoms with van der Waals surface area (Å²) in [4.78, 5) is 4.99. The van der Waals surface area contributed by atoms with E-state index in [1.807, 2.05) is 22.7 Å². The zero-order chi connectivity index (χ0) is 38.5. The van der Waals surface area contributed by atoms with E-state index in [1.165, 1.54) is 107 Å². The van der Waals surface area contributed by atoms with Gasteiger partial charge >= 0.3 is 0 Å². The van der Waals surface area contributed by atoms with E-state index in [2.05, 4.69) is 206 Å². The second-order valence-electron chi connectivity index (χ2n) is 15.4. The number of benzene rings is 10. The van der Waals surface area contributed by atoms with Crippen molar-refractivity contribution in [1.82, 2.24) is 0 Å². The van der Waals surface area contributed by atoms with E-state index in [1.54, 1.807) is 0 Å². The topological polar surface area (TPSA) is 6.48 Å². The first kappa shape index (κ1) is 33.4. The first-order chi connectivity index (χ1) is 28.6. The van der Waals surface area contributed by atoms with Crippen LogP contribution in [0, 0.1) is 13.8 Å². The summed E-state index contributed by atoms with van der Waals surface area (Å²) in [6, 6.07) is 67.9. The summed E-state index contributed by atoms with van der Waals surface area (Å²) in [5, 5.41) is 12.7. The van der Waals surface area contributed by atoms with Gasteiger partial charge in [0.1, 0.15) is 0 Å². The lowest BCUT2D eigenvalue weighted by Gasteiger charge is -2.30. The number of hydrogen-bond acceptors (Lipinski definition) is 4. The molecule has 12 aromatic rings. The van der Waals surface area contributed by atoms with Gasteiger partial charge in [-0.25, -0.2) is 0 Å². The van der Waals surface area contributed by atoms with Crippen LogP contribution in [0.2, 0.25) is 0 Å². The first-order valence-electron chi connectivity index (χ1n) is 19.8. The highest BCUT2D eigenvalue weighted by atomic mass is 32.1. The number of fused-ring (bicyclic) bond motifs is 6. The molecule has 0 bridgehead atoms. The molecule has 10 aromatic carbocycles. The summed E-state index contributed by atoms with van der Waals surface area (Å²) >= 11 is 3.74. The molecule has 274 valence electrons. The fourth-order valence-corrected chi connectivity index (χ4v) is 11.5. The minimum absolute atomic E-state index is 1.14. The molecule has 2 aromatic heterocycles. The molecule has 0 aliphatic rings. The molecule has 0 saturated heterocycles. The molecule has 0 aliphatic heterocycles. The largest absolute Gasteiger partial charge is 0.309 e. The Hall–Kier alpha value is -6.72. The molecule has 0 spiro atoms. The molecule has 0 radical (unpaired) electrons. The summed E-state index contributed by atoms with van der Waals surface area (Å²) in [7, 11) is 0.